The monoisotopic (exact) mass is 423 g/mol. The van der Waals surface area contributed by atoms with Crippen molar-refractivity contribution < 1.29 is 9.50 Å². The van der Waals surface area contributed by atoms with Crippen LogP contribution in [0.15, 0.2) is 54.7 Å². The summed E-state index contributed by atoms with van der Waals surface area (Å²) < 4.78 is 14.2. The van der Waals surface area contributed by atoms with Gasteiger partial charge in [0.05, 0.1) is 6.20 Å². The van der Waals surface area contributed by atoms with Gasteiger partial charge < -0.3 is 16.2 Å². The Kier molecular flexibility index (Phi) is 8.32. The number of aromatic hydroxyl groups is 1. The van der Waals surface area contributed by atoms with Gasteiger partial charge in [0.15, 0.2) is 17.5 Å². The van der Waals surface area contributed by atoms with Crippen molar-refractivity contribution in [2.75, 3.05) is 31.5 Å². The molecular formula is C24H30FN5O. The van der Waals surface area contributed by atoms with E-state index < -0.39 is 5.82 Å². The summed E-state index contributed by atoms with van der Waals surface area (Å²) in [4.78, 5) is 10.9. The Bertz CT molecular complexity index is 964. The summed E-state index contributed by atoms with van der Waals surface area (Å²) in [7, 11) is 0. The molecule has 0 radical (unpaired) electrons. The van der Waals surface area contributed by atoms with Gasteiger partial charge in [0.2, 0.25) is 0 Å². The van der Waals surface area contributed by atoms with Gasteiger partial charge in [-0.1, -0.05) is 37.3 Å². The average molecular weight is 424 g/mol. The number of nitrogens with two attached hydrogens (primary N) is 1. The van der Waals surface area contributed by atoms with Crippen molar-refractivity contribution >= 4 is 5.82 Å². The molecule has 6 nitrogen and oxygen atoms in total. The molecule has 0 bridgehead atoms. The molecular weight excluding hydrogens is 393 g/mol. The van der Waals surface area contributed by atoms with Crippen molar-refractivity contribution in [3.63, 3.8) is 0 Å². The zero-order valence-electron chi connectivity index (χ0n) is 17.9. The molecule has 3 rings (SSSR count). The zero-order valence-corrected chi connectivity index (χ0v) is 17.9. The number of hydrogen-bond acceptors (Lipinski definition) is 6. The molecule has 2 aromatic carbocycles. The van der Waals surface area contributed by atoms with Crippen LogP contribution in [0.5, 0.6) is 5.75 Å². The molecule has 0 saturated carbocycles. The Hall–Kier alpha value is -3.03. The van der Waals surface area contributed by atoms with Crippen molar-refractivity contribution in [2.45, 2.75) is 26.3 Å². The maximum Gasteiger partial charge on any atom is 0.183 e. The SMILES string of the molecule is CCN(CCCN)Cc1cccc(-c2ncc(F)c(NCCc3ccc(O)cc3)n2)c1. The molecule has 3 aromatic rings. The number of nitrogens with one attached hydrogen (secondary N) is 1. The van der Waals surface area contributed by atoms with E-state index in [0.717, 1.165) is 42.7 Å². The summed E-state index contributed by atoms with van der Waals surface area (Å²) in [5, 5.41) is 12.4. The lowest BCUT2D eigenvalue weighted by molar-refractivity contribution is 0.278. The van der Waals surface area contributed by atoms with Gasteiger partial charge in [-0.15, -0.1) is 0 Å². The molecule has 7 heteroatoms. The molecule has 0 aliphatic carbocycles. The van der Waals surface area contributed by atoms with E-state index in [1.54, 1.807) is 12.1 Å². The molecule has 0 aliphatic heterocycles. The highest BCUT2D eigenvalue weighted by Gasteiger charge is 2.10. The molecule has 31 heavy (non-hydrogen) atoms. The van der Waals surface area contributed by atoms with Crippen LogP contribution in [-0.4, -0.2) is 46.2 Å². The number of rotatable bonds is 11. The number of hydrogen-bond donors (Lipinski definition) is 3. The Morgan fingerprint density at radius 3 is 2.68 bits per heavy atom. The number of halogens is 1. The number of benzene rings is 2. The minimum atomic E-state index is -0.482. The van der Waals surface area contributed by atoms with Crippen molar-refractivity contribution in [2.24, 2.45) is 5.73 Å². The third kappa shape index (κ3) is 6.73. The fourth-order valence-electron chi connectivity index (χ4n) is 3.35. The molecule has 4 N–H and O–H groups in total. The van der Waals surface area contributed by atoms with Gasteiger partial charge in [-0.2, -0.15) is 0 Å². The Morgan fingerprint density at radius 1 is 1.13 bits per heavy atom. The maximum absolute atomic E-state index is 14.2. The third-order valence-corrected chi connectivity index (χ3v) is 5.10. The van der Waals surface area contributed by atoms with E-state index in [-0.39, 0.29) is 11.6 Å². The van der Waals surface area contributed by atoms with Crippen molar-refractivity contribution in [1.29, 1.82) is 0 Å². The summed E-state index contributed by atoms with van der Waals surface area (Å²) in [6.07, 6.45) is 2.86. The van der Waals surface area contributed by atoms with Gasteiger partial charge >= 0.3 is 0 Å². The van der Waals surface area contributed by atoms with Gasteiger partial charge in [0, 0.05) is 18.7 Å². The lowest BCUT2D eigenvalue weighted by Crippen LogP contribution is -2.25. The lowest BCUT2D eigenvalue weighted by Gasteiger charge is -2.20. The Labute approximate surface area is 183 Å². The molecule has 164 valence electrons. The van der Waals surface area contributed by atoms with E-state index >= 15 is 0 Å². The predicted octanol–water partition coefficient (Wildman–Crippen LogP) is 3.81. The normalized spacial score (nSPS) is 11.1. The highest BCUT2D eigenvalue weighted by molar-refractivity contribution is 5.58. The van der Waals surface area contributed by atoms with Crippen molar-refractivity contribution in [3.05, 3.63) is 71.7 Å². The second kappa shape index (κ2) is 11.4. The molecule has 0 saturated heterocycles. The Balaban J connectivity index is 1.68. The number of nitrogens with zero attached hydrogens (tertiary/aromatic N) is 3. The van der Waals surface area contributed by atoms with Gasteiger partial charge in [-0.25, -0.2) is 14.4 Å². The number of phenolic OH excluding ortho intramolecular Hbond substituents is 1. The summed E-state index contributed by atoms with van der Waals surface area (Å²) in [6, 6.07) is 15.0. The predicted molar refractivity (Wildman–Crippen MR) is 122 cm³/mol. The first-order chi connectivity index (χ1) is 15.1. The summed E-state index contributed by atoms with van der Waals surface area (Å²) in [6.45, 7) is 6.07. The van der Waals surface area contributed by atoms with Crippen LogP contribution in [0.4, 0.5) is 10.2 Å². The molecule has 0 spiro atoms. The fraction of sp³-hybridized carbons (Fsp3) is 0.333. The third-order valence-electron chi connectivity index (χ3n) is 5.10. The highest BCUT2D eigenvalue weighted by atomic mass is 19.1. The summed E-state index contributed by atoms with van der Waals surface area (Å²) >= 11 is 0. The van der Waals surface area contributed by atoms with Crippen LogP contribution in [0.2, 0.25) is 0 Å². The first-order valence-electron chi connectivity index (χ1n) is 10.6. The van der Waals surface area contributed by atoms with Crippen LogP contribution in [-0.2, 0) is 13.0 Å². The van der Waals surface area contributed by atoms with E-state index in [2.05, 4.69) is 39.2 Å². The minimum Gasteiger partial charge on any atom is -0.508 e. The Morgan fingerprint density at radius 2 is 1.94 bits per heavy atom. The second-order valence-electron chi connectivity index (χ2n) is 7.44. The van der Waals surface area contributed by atoms with Gasteiger partial charge in [0.1, 0.15) is 5.75 Å². The van der Waals surface area contributed by atoms with E-state index in [9.17, 15) is 9.50 Å². The van der Waals surface area contributed by atoms with Crippen molar-refractivity contribution in [1.82, 2.24) is 14.9 Å². The van der Waals surface area contributed by atoms with Crippen LogP contribution in [0.1, 0.15) is 24.5 Å². The quantitative estimate of drug-likeness (QED) is 0.435. The second-order valence-corrected chi connectivity index (χ2v) is 7.44. The van der Waals surface area contributed by atoms with Crippen LogP contribution in [0.3, 0.4) is 0 Å². The van der Waals surface area contributed by atoms with Crippen LogP contribution in [0, 0.1) is 5.82 Å². The van der Waals surface area contributed by atoms with Gasteiger partial charge in [-0.3, -0.25) is 4.90 Å². The van der Waals surface area contributed by atoms with E-state index in [0.29, 0.717) is 25.3 Å². The van der Waals surface area contributed by atoms with E-state index in [4.69, 9.17) is 5.73 Å². The molecule has 0 fully saturated rings. The topological polar surface area (TPSA) is 87.3 Å². The maximum atomic E-state index is 14.2. The first kappa shape index (κ1) is 22.7. The lowest BCUT2D eigenvalue weighted by atomic mass is 10.1. The molecule has 0 amide bonds. The smallest absolute Gasteiger partial charge is 0.183 e. The highest BCUT2D eigenvalue weighted by Crippen LogP contribution is 2.21. The van der Waals surface area contributed by atoms with Crippen molar-refractivity contribution in [3.8, 4) is 17.1 Å². The fourth-order valence-corrected chi connectivity index (χ4v) is 3.35. The molecule has 0 atom stereocenters. The zero-order chi connectivity index (χ0) is 22.1. The van der Waals surface area contributed by atoms with Crippen LogP contribution < -0.4 is 11.1 Å². The van der Waals surface area contributed by atoms with E-state index in [1.807, 2.05) is 24.3 Å². The van der Waals surface area contributed by atoms with Crippen LogP contribution in [0.25, 0.3) is 11.4 Å². The first-order valence-corrected chi connectivity index (χ1v) is 10.6. The molecule has 0 aliphatic rings. The van der Waals surface area contributed by atoms with Gasteiger partial charge in [-0.05, 0) is 61.8 Å². The number of anilines is 1. The van der Waals surface area contributed by atoms with Gasteiger partial charge in [0.25, 0.3) is 0 Å². The average Bonchev–Trinajstić information content (AvgIpc) is 2.79. The van der Waals surface area contributed by atoms with E-state index in [1.165, 1.54) is 6.20 Å². The largest absolute Gasteiger partial charge is 0.508 e. The minimum absolute atomic E-state index is 0.187. The summed E-state index contributed by atoms with van der Waals surface area (Å²) in [5.41, 5.74) is 8.69. The molecule has 1 aromatic heterocycles. The van der Waals surface area contributed by atoms with Crippen LogP contribution >= 0.6 is 0 Å². The molecule has 0 unspecified atom stereocenters. The number of aromatic nitrogens is 2. The molecule has 1 heterocycles. The summed E-state index contributed by atoms with van der Waals surface area (Å²) in [5.74, 6) is 0.420. The number of phenols is 1. The standard InChI is InChI=1S/C24H30FN5O/c1-2-30(14-4-12-26)17-19-5-3-6-20(15-19)23-28-16-22(25)24(29-23)27-13-11-18-7-9-21(31)10-8-18/h3,5-10,15-16,31H,2,4,11-14,17,26H2,1H3,(H,27,28,29).